The van der Waals surface area contributed by atoms with Gasteiger partial charge in [0, 0.05) is 0 Å². The quantitative estimate of drug-likeness (QED) is 0.557. The molecule has 1 saturated heterocycles. The van der Waals surface area contributed by atoms with Crippen molar-refractivity contribution in [3.63, 3.8) is 0 Å². The van der Waals surface area contributed by atoms with Gasteiger partial charge in [-0.2, -0.15) is 8.42 Å². The minimum Gasteiger partial charge on any atom is -0.344 e. The smallest absolute Gasteiger partial charge is 0.299 e. The van der Waals surface area contributed by atoms with Crippen LogP contribution >= 0.6 is 0 Å². The lowest BCUT2D eigenvalue weighted by atomic mass is 10.2. The number of hydrogen-bond acceptors (Lipinski definition) is 4. The molecule has 0 amide bonds. The second kappa shape index (κ2) is 3.34. The topological polar surface area (TPSA) is 55.9 Å². The Kier molecular flexibility index (Phi) is 2.30. The Hall–Kier alpha value is -0.910. The highest BCUT2D eigenvalue weighted by atomic mass is 32.2. The first kappa shape index (κ1) is 9.64. The van der Waals surface area contributed by atoms with Crippen molar-refractivity contribution in [2.75, 3.05) is 6.61 Å². The van der Waals surface area contributed by atoms with Crippen molar-refractivity contribution in [1.29, 1.82) is 0 Å². The summed E-state index contributed by atoms with van der Waals surface area (Å²) < 4.78 is 32.4. The molecule has 1 aromatic rings. The molecule has 1 fully saturated rings. The zero-order chi connectivity index (χ0) is 10.2. The molecule has 14 heavy (non-hydrogen) atoms. The van der Waals surface area contributed by atoms with Gasteiger partial charge >= 0.3 is 0 Å². The summed E-state index contributed by atoms with van der Waals surface area (Å²) in [6.07, 6.45) is -0.582. The molecule has 0 saturated carbocycles. The lowest BCUT2D eigenvalue weighted by Gasteiger charge is -2.02. The molecule has 0 bridgehead atoms. The molecular weight excluding hydrogens is 204 g/mol. The molecule has 76 valence electrons. The van der Waals surface area contributed by atoms with E-state index in [2.05, 4.69) is 4.74 Å². The second-order valence-electron chi connectivity index (χ2n) is 3.13. The lowest BCUT2D eigenvalue weighted by molar-refractivity contribution is 0.186. The van der Waals surface area contributed by atoms with Gasteiger partial charge in [-0.25, -0.2) is 4.18 Å². The highest BCUT2D eigenvalue weighted by Gasteiger charge is 2.31. The minimum absolute atomic E-state index is 0.165. The van der Waals surface area contributed by atoms with Crippen molar-refractivity contribution in [3.05, 3.63) is 29.8 Å². The molecule has 0 aliphatic carbocycles. The second-order valence-corrected chi connectivity index (χ2v) is 4.70. The van der Waals surface area contributed by atoms with Crippen molar-refractivity contribution < 1.29 is 17.3 Å². The number of aryl methyl sites for hydroxylation is 1. The fourth-order valence-corrected chi connectivity index (χ4v) is 1.97. The Bertz CT molecular complexity index is 417. The predicted octanol–water partition coefficient (Wildman–Crippen LogP) is 1.06. The van der Waals surface area contributed by atoms with Gasteiger partial charge in [0.1, 0.15) is 6.61 Å². The largest absolute Gasteiger partial charge is 0.344 e. The number of ether oxygens (including phenoxy) is 1. The zero-order valence-electron chi connectivity index (χ0n) is 7.64. The van der Waals surface area contributed by atoms with E-state index in [4.69, 9.17) is 4.18 Å². The molecule has 0 N–H and O–H groups in total. The van der Waals surface area contributed by atoms with Gasteiger partial charge in [0.25, 0.3) is 10.1 Å². The van der Waals surface area contributed by atoms with Crippen molar-refractivity contribution in [2.24, 2.45) is 0 Å². The van der Waals surface area contributed by atoms with Gasteiger partial charge in [0.15, 0.2) is 6.29 Å². The summed E-state index contributed by atoms with van der Waals surface area (Å²) >= 11 is 0. The summed E-state index contributed by atoms with van der Waals surface area (Å²) in [6.45, 7) is 2.24. The summed E-state index contributed by atoms with van der Waals surface area (Å²) in [4.78, 5) is 0.165. The third kappa shape index (κ3) is 2.12. The number of benzene rings is 1. The lowest BCUT2D eigenvalue weighted by Crippen LogP contribution is -2.08. The van der Waals surface area contributed by atoms with Crippen molar-refractivity contribution >= 4 is 10.1 Å². The van der Waals surface area contributed by atoms with Crippen LogP contribution in [0.5, 0.6) is 0 Å². The molecule has 5 heteroatoms. The number of rotatable bonds is 3. The van der Waals surface area contributed by atoms with E-state index in [0.29, 0.717) is 6.61 Å². The maximum Gasteiger partial charge on any atom is 0.299 e. The molecule has 0 radical (unpaired) electrons. The Balaban J connectivity index is 2.24. The van der Waals surface area contributed by atoms with Crippen LogP contribution in [0.4, 0.5) is 0 Å². The summed E-state index contributed by atoms with van der Waals surface area (Å²) in [6, 6.07) is 6.49. The van der Waals surface area contributed by atoms with Gasteiger partial charge in [-0.15, -0.1) is 0 Å². The normalized spacial score (nSPS) is 20.8. The van der Waals surface area contributed by atoms with Crippen LogP contribution in [0.3, 0.4) is 0 Å². The zero-order valence-corrected chi connectivity index (χ0v) is 8.45. The van der Waals surface area contributed by atoms with Crippen molar-refractivity contribution in [3.8, 4) is 0 Å². The van der Waals surface area contributed by atoms with Crippen molar-refractivity contribution in [1.82, 2.24) is 0 Å². The highest BCUT2D eigenvalue weighted by molar-refractivity contribution is 7.86. The Morgan fingerprint density at radius 3 is 2.43 bits per heavy atom. The fraction of sp³-hybridized carbons (Fsp3) is 0.333. The van der Waals surface area contributed by atoms with Gasteiger partial charge in [-0.1, -0.05) is 17.7 Å². The first-order chi connectivity index (χ1) is 6.58. The first-order valence-electron chi connectivity index (χ1n) is 4.19. The van der Waals surface area contributed by atoms with E-state index in [-0.39, 0.29) is 4.90 Å². The molecule has 1 aromatic carbocycles. The molecule has 4 nitrogen and oxygen atoms in total. The third-order valence-electron chi connectivity index (χ3n) is 1.85. The maximum absolute atomic E-state index is 11.5. The summed E-state index contributed by atoms with van der Waals surface area (Å²) in [5.41, 5.74) is 1.01. The summed E-state index contributed by atoms with van der Waals surface area (Å²) in [5.74, 6) is 0. The average Bonchev–Trinajstić information content (AvgIpc) is 2.88. The summed E-state index contributed by atoms with van der Waals surface area (Å²) in [5, 5.41) is 0. The Morgan fingerprint density at radius 2 is 1.93 bits per heavy atom. The van der Waals surface area contributed by atoms with E-state index in [1.54, 1.807) is 12.1 Å². The summed E-state index contributed by atoms with van der Waals surface area (Å²) in [7, 11) is -3.64. The molecule has 0 spiro atoms. The van der Waals surface area contributed by atoms with Crippen LogP contribution in [0.2, 0.25) is 0 Å². The monoisotopic (exact) mass is 214 g/mol. The van der Waals surface area contributed by atoms with Crippen molar-refractivity contribution in [2.45, 2.75) is 18.1 Å². The Labute approximate surface area is 82.6 Å². The van der Waals surface area contributed by atoms with Crippen LogP contribution in [0.15, 0.2) is 29.2 Å². The van der Waals surface area contributed by atoms with E-state index in [0.717, 1.165) is 5.56 Å². The van der Waals surface area contributed by atoms with Crippen LogP contribution in [0.25, 0.3) is 0 Å². The maximum atomic E-state index is 11.5. The average molecular weight is 214 g/mol. The molecule has 1 atom stereocenters. The predicted molar refractivity (Wildman–Crippen MR) is 49.2 cm³/mol. The molecule has 1 aliphatic heterocycles. The van der Waals surface area contributed by atoms with E-state index in [9.17, 15) is 8.42 Å². The van der Waals surface area contributed by atoms with Crippen LogP contribution < -0.4 is 0 Å². The van der Waals surface area contributed by atoms with Gasteiger partial charge in [0.2, 0.25) is 0 Å². The van der Waals surface area contributed by atoms with E-state index in [1.165, 1.54) is 12.1 Å². The standard InChI is InChI=1S/C9H10O4S/c1-7-2-4-8(5-3-7)14(10,11)13-9-6-12-9/h2-5,9H,6H2,1H3/t9-/m1/s1. The van der Waals surface area contributed by atoms with Gasteiger partial charge in [-0.3, -0.25) is 0 Å². The van der Waals surface area contributed by atoms with Gasteiger partial charge in [0.05, 0.1) is 4.90 Å². The van der Waals surface area contributed by atoms with Crippen LogP contribution in [0.1, 0.15) is 5.56 Å². The minimum atomic E-state index is -3.64. The Morgan fingerprint density at radius 1 is 1.36 bits per heavy atom. The van der Waals surface area contributed by atoms with Crippen LogP contribution in [-0.4, -0.2) is 21.3 Å². The van der Waals surface area contributed by atoms with E-state index in [1.807, 2.05) is 6.92 Å². The molecule has 2 rings (SSSR count). The molecule has 0 unspecified atom stereocenters. The molecule has 0 aromatic heterocycles. The SMILES string of the molecule is Cc1ccc(S(=O)(=O)O[C@@H]2CO2)cc1. The fourth-order valence-electron chi connectivity index (χ4n) is 0.997. The van der Waals surface area contributed by atoms with Gasteiger partial charge in [-0.05, 0) is 19.1 Å². The van der Waals surface area contributed by atoms with E-state index < -0.39 is 16.4 Å². The van der Waals surface area contributed by atoms with Gasteiger partial charge < -0.3 is 4.74 Å². The first-order valence-corrected chi connectivity index (χ1v) is 5.60. The molecule has 1 heterocycles. The highest BCUT2D eigenvalue weighted by Crippen LogP contribution is 2.20. The molecule has 1 aliphatic rings. The molecular formula is C9H10O4S. The third-order valence-corrected chi connectivity index (χ3v) is 3.16. The van der Waals surface area contributed by atoms with Crippen LogP contribution in [0, 0.1) is 6.92 Å². The van der Waals surface area contributed by atoms with Crippen LogP contribution in [-0.2, 0) is 19.0 Å². The number of epoxide rings is 1. The van der Waals surface area contributed by atoms with E-state index >= 15 is 0 Å². The number of hydrogen-bond donors (Lipinski definition) is 0.